The van der Waals surface area contributed by atoms with Gasteiger partial charge in [-0.15, -0.1) is 5.10 Å². The van der Waals surface area contributed by atoms with Crippen LogP contribution in [0.2, 0.25) is 0 Å². The zero-order valence-corrected chi connectivity index (χ0v) is 15.6. The van der Waals surface area contributed by atoms with Crippen LogP contribution in [0.15, 0.2) is 47.1 Å². The van der Waals surface area contributed by atoms with Gasteiger partial charge in [-0.05, 0) is 30.3 Å². The molecule has 27 heavy (non-hydrogen) atoms. The lowest BCUT2D eigenvalue weighted by Gasteiger charge is -2.35. The van der Waals surface area contributed by atoms with Crippen molar-refractivity contribution < 1.29 is 14.6 Å². The number of nitrogens with zero attached hydrogens (tertiary/aromatic N) is 5. The van der Waals surface area contributed by atoms with Gasteiger partial charge < -0.3 is 9.84 Å². The number of fused-ring (bicyclic) bond motifs is 5. The van der Waals surface area contributed by atoms with E-state index in [9.17, 15) is 9.90 Å². The molecule has 136 valence electrons. The Morgan fingerprint density at radius 1 is 1.30 bits per heavy atom. The van der Waals surface area contributed by atoms with Crippen molar-refractivity contribution in [1.82, 2.24) is 24.6 Å². The van der Waals surface area contributed by atoms with Crippen molar-refractivity contribution in [2.75, 3.05) is 13.2 Å². The molecular weight excluding hydrogens is 414 g/mol. The number of rotatable bonds is 2. The highest BCUT2D eigenvalue weighted by atomic mass is 79.9. The van der Waals surface area contributed by atoms with Crippen molar-refractivity contribution >= 4 is 21.9 Å². The van der Waals surface area contributed by atoms with E-state index >= 15 is 0 Å². The number of carboxylic acid groups (broad SMARTS) is 1. The Bertz CT molecular complexity index is 1050. The number of aromatic carboxylic acids is 1. The van der Waals surface area contributed by atoms with E-state index in [4.69, 9.17) is 4.74 Å². The first-order valence-corrected chi connectivity index (χ1v) is 9.19. The van der Waals surface area contributed by atoms with E-state index in [-0.39, 0.29) is 5.82 Å². The monoisotopic (exact) mass is 427 g/mol. The molecule has 1 aromatic carbocycles. The quantitative estimate of drug-likeness (QED) is 0.669. The van der Waals surface area contributed by atoms with Crippen molar-refractivity contribution in [3.63, 3.8) is 0 Å². The maximum Gasteiger partial charge on any atom is 0.375 e. The molecule has 0 spiro atoms. The summed E-state index contributed by atoms with van der Waals surface area (Å²) in [5.41, 5.74) is 1.45. The van der Waals surface area contributed by atoms with Gasteiger partial charge in [0.1, 0.15) is 5.82 Å². The van der Waals surface area contributed by atoms with Crippen molar-refractivity contribution in [2.24, 2.45) is 0 Å². The molecule has 1 unspecified atom stereocenters. The van der Waals surface area contributed by atoms with Crippen LogP contribution in [0.3, 0.4) is 0 Å². The molecule has 1 saturated heterocycles. The van der Waals surface area contributed by atoms with E-state index in [0.29, 0.717) is 25.5 Å². The average Bonchev–Trinajstić information content (AvgIpc) is 3.26. The maximum atomic E-state index is 11.4. The molecule has 5 rings (SSSR count). The van der Waals surface area contributed by atoms with Gasteiger partial charge in [-0.25, -0.2) is 14.5 Å². The first-order chi connectivity index (χ1) is 13.1. The molecule has 2 aliphatic heterocycles. The summed E-state index contributed by atoms with van der Waals surface area (Å²) in [5, 5.41) is 13.5. The van der Waals surface area contributed by atoms with Gasteiger partial charge in [-0.1, -0.05) is 22.0 Å². The molecule has 0 amide bonds. The van der Waals surface area contributed by atoms with Crippen LogP contribution < -0.4 is 0 Å². The number of hydrogen-bond acceptors (Lipinski definition) is 6. The predicted molar refractivity (Wildman–Crippen MR) is 97.4 cm³/mol. The standard InChI is InChI=1S/C18H14BrN5O3/c19-11-4-5-13-12(9-11)18(14-3-1-2-6-20-14)23(7-8-27-18)10-15-21-16(17(25)26)22-24(13)15/h1-6,9H,7-8,10H2,(H,25,26). The van der Waals surface area contributed by atoms with Crippen molar-refractivity contribution in [3.8, 4) is 5.69 Å². The van der Waals surface area contributed by atoms with Crippen LogP contribution >= 0.6 is 15.9 Å². The molecule has 2 aromatic heterocycles. The van der Waals surface area contributed by atoms with Gasteiger partial charge in [-0.2, -0.15) is 0 Å². The van der Waals surface area contributed by atoms with Gasteiger partial charge in [0.25, 0.3) is 5.82 Å². The summed E-state index contributed by atoms with van der Waals surface area (Å²) in [6.07, 6.45) is 1.74. The molecule has 3 aromatic rings. The Hall–Kier alpha value is -2.62. The fourth-order valence-corrected chi connectivity index (χ4v) is 4.15. The first-order valence-electron chi connectivity index (χ1n) is 8.40. The minimum Gasteiger partial charge on any atom is -0.475 e. The summed E-state index contributed by atoms with van der Waals surface area (Å²) in [5.74, 6) is -0.813. The molecule has 4 heterocycles. The smallest absolute Gasteiger partial charge is 0.375 e. The van der Waals surface area contributed by atoms with Crippen LogP contribution in [0.1, 0.15) is 27.7 Å². The molecule has 1 fully saturated rings. The van der Waals surface area contributed by atoms with Gasteiger partial charge in [-0.3, -0.25) is 9.88 Å². The summed E-state index contributed by atoms with van der Waals surface area (Å²) in [4.78, 5) is 22.3. The van der Waals surface area contributed by atoms with Crippen LogP contribution in [0.25, 0.3) is 5.69 Å². The van der Waals surface area contributed by atoms with E-state index < -0.39 is 11.7 Å². The van der Waals surface area contributed by atoms with E-state index in [1.54, 1.807) is 10.9 Å². The molecule has 0 radical (unpaired) electrons. The molecule has 2 aliphatic rings. The molecule has 1 N–H and O–H groups in total. The number of ether oxygens (including phenoxy) is 1. The summed E-state index contributed by atoms with van der Waals surface area (Å²) in [6.45, 7) is 1.59. The predicted octanol–water partition coefficient (Wildman–Crippen LogP) is 2.17. The third kappa shape index (κ3) is 2.35. The van der Waals surface area contributed by atoms with Gasteiger partial charge in [0.15, 0.2) is 5.72 Å². The topological polar surface area (TPSA) is 93.4 Å². The van der Waals surface area contributed by atoms with Gasteiger partial charge in [0, 0.05) is 22.8 Å². The summed E-state index contributed by atoms with van der Waals surface area (Å²) < 4.78 is 8.81. The first kappa shape index (κ1) is 16.5. The molecule has 8 nitrogen and oxygen atoms in total. The second-order valence-corrected chi connectivity index (χ2v) is 7.27. The Morgan fingerprint density at radius 3 is 2.96 bits per heavy atom. The van der Waals surface area contributed by atoms with E-state index in [0.717, 1.165) is 21.4 Å². The van der Waals surface area contributed by atoms with Gasteiger partial charge >= 0.3 is 5.97 Å². The lowest BCUT2D eigenvalue weighted by Crippen LogP contribution is -2.43. The highest BCUT2D eigenvalue weighted by Crippen LogP contribution is 2.45. The third-order valence-electron chi connectivity index (χ3n) is 4.88. The maximum absolute atomic E-state index is 11.4. The minimum absolute atomic E-state index is 0.218. The second kappa shape index (κ2) is 5.95. The Kier molecular flexibility index (Phi) is 3.64. The van der Waals surface area contributed by atoms with E-state index in [1.165, 1.54) is 0 Å². The molecule has 9 heteroatoms. The van der Waals surface area contributed by atoms with Crippen LogP contribution in [-0.2, 0) is 17.0 Å². The number of hydrogen-bond donors (Lipinski definition) is 1. The average molecular weight is 428 g/mol. The normalized spacial score (nSPS) is 21.2. The highest BCUT2D eigenvalue weighted by molar-refractivity contribution is 9.10. The molecule has 0 saturated carbocycles. The SMILES string of the molecule is O=C(O)c1nc2n(n1)-c1ccc(Br)cc1C1(c3ccccn3)OCCN1C2. The van der Waals surface area contributed by atoms with Crippen LogP contribution in [0.4, 0.5) is 0 Å². The van der Waals surface area contributed by atoms with Crippen molar-refractivity contribution in [2.45, 2.75) is 12.3 Å². The summed E-state index contributed by atoms with van der Waals surface area (Å²) in [7, 11) is 0. The van der Waals surface area contributed by atoms with E-state index in [1.807, 2.05) is 36.4 Å². The Balaban J connectivity index is 1.83. The number of pyridine rings is 1. The summed E-state index contributed by atoms with van der Waals surface area (Å²) in [6, 6.07) is 11.5. The number of carboxylic acids is 1. The number of halogens is 1. The lowest BCUT2D eigenvalue weighted by molar-refractivity contribution is -0.0585. The van der Waals surface area contributed by atoms with Crippen LogP contribution in [0, 0.1) is 0 Å². The summed E-state index contributed by atoms with van der Waals surface area (Å²) >= 11 is 3.54. The highest BCUT2D eigenvalue weighted by Gasteiger charge is 2.50. The molecule has 0 bridgehead atoms. The number of benzene rings is 1. The molecule has 0 aliphatic carbocycles. The van der Waals surface area contributed by atoms with Crippen molar-refractivity contribution in [3.05, 3.63) is 70.0 Å². The van der Waals surface area contributed by atoms with Crippen molar-refractivity contribution in [1.29, 1.82) is 0 Å². The number of carbonyl (C=O) groups is 1. The minimum atomic E-state index is -1.15. The molecular formula is C18H14BrN5O3. The Morgan fingerprint density at radius 2 is 2.19 bits per heavy atom. The molecule has 1 atom stereocenters. The fourth-order valence-electron chi connectivity index (χ4n) is 3.79. The van der Waals surface area contributed by atoms with Crippen LogP contribution in [-0.4, -0.2) is 48.9 Å². The van der Waals surface area contributed by atoms with Crippen LogP contribution in [0.5, 0.6) is 0 Å². The Labute approximate surface area is 162 Å². The zero-order chi connectivity index (χ0) is 18.6. The largest absolute Gasteiger partial charge is 0.475 e. The zero-order valence-electron chi connectivity index (χ0n) is 14.0. The van der Waals surface area contributed by atoms with E-state index in [2.05, 4.69) is 35.9 Å². The number of aromatic nitrogens is 4. The van der Waals surface area contributed by atoms with Gasteiger partial charge in [0.2, 0.25) is 0 Å². The fraction of sp³-hybridized carbons (Fsp3) is 0.222. The lowest BCUT2D eigenvalue weighted by atomic mass is 9.95. The van der Waals surface area contributed by atoms with Gasteiger partial charge in [0.05, 0.1) is 24.5 Å². The third-order valence-corrected chi connectivity index (χ3v) is 5.37. The second-order valence-electron chi connectivity index (χ2n) is 6.36.